The van der Waals surface area contributed by atoms with Crippen LogP contribution in [0.4, 0.5) is 0 Å². The lowest BCUT2D eigenvalue weighted by molar-refractivity contribution is -0.137. The van der Waals surface area contributed by atoms with Crippen LogP contribution in [0.3, 0.4) is 0 Å². The van der Waals surface area contributed by atoms with Crippen molar-refractivity contribution >= 4 is 5.91 Å². The molecule has 1 amide bonds. The lowest BCUT2D eigenvalue weighted by Crippen LogP contribution is -2.52. The molecule has 1 fully saturated rings. The van der Waals surface area contributed by atoms with E-state index in [-0.39, 0.29) is 11.8 Å². The molecular formula is C21H23NO2. The number of amides is 1. The Balaban J connectivity index is 1.78. The van der Waals surface area contributed by atoms with Crippen molar-refractivity contribution in [3.63, 3.8) is 0 Å². The Hall–Kier alpha value is -2.03. The van der Waals surface area contributed by atoms with Gasteiger partial charge >= 0.3 is 0 Å². The Bertz CT molecular complexity index is 759. The molecular weight excluding hydrogens is 298 g/mol. The normalized spacial score (nSPS) is 35.6. The molecule has 6 rings (SSSR count). The van der Waals surface area contributed by atoms with Crippen LogP contribution >= 0.6 is 0 Å². The van der Waals surface area contributed by atoms with Crippen LogP contribution in [-0.2, 0) is 14.9 Å². The van der Waals surface area contributed by atoms with Gasteiger partial charge in [0.05, 0.1) is 7.11 Å². The van der Waals surface area contributed by atoms with Crippen molar-refractivity contribution in [1.82, 2.24) is 4.90 Å². The predicted octanol–water partition coefficient (Wildman–Crippen LogP) is 3.38. The molecule has 124 valence electrons. The maximum atomic E-state index is 13.8. The number of hydrogen-bond acceptors (Lipinski definition) is 2. The molecule has 3 heteroatoms. The third-order valence-corrected chi connectivity index (χ3v) is 6.55. The molecule has 1 aromatic rings. The van der Waals surface area contributed by atoms with Crippen molar-refractivity contribution in [3.05, 3.63) is 59.4 Å². The average molecular weight is 321 g/mol. The molecule has 4 atom stereocenters. The Kier molecular flexibility index (Phi) is 2.97. The summed E-state index contributed by atoms with van der Waals surface area (Å²) >= 11 is 0. The highest BCUT2D eigenvalue weighted by atomic mass is 16.5. The van der Waals surface area contributed by atoms with Crippen molar-refractivity contribution in [2.45, 2.75) is 30.6 Å². The van der Waals surface area contributed by atoms with E-state index in [1.165, 1.54) is 11.1 Å². The van der Waals surface area contributed by atoms with Crippen molar-refractivity contribution in [3.8, 4) is 0 Å². The van der Waals surface area contributed by atoms with Gasteiger partial charge in [0.15, 0.2) is 0 Å². The zero-order chi connectivity index (χ0) is 16.3. The fourth-order valence-electron chi connectivity index (χ4n) is 5.49. The SMILES string of the molecule is COC1=CC2c3ccccc3C1(C(=O)N1CCCC1)C1C=CC2C1. The van der Waals surface area contributed by atoms with Crippen LogP contribution in [0.15, 0.2) is 48.3 Å². The zero-order valence-electron chi connectivity index (χ0n) is 14.1. The number of ether oxygens (including phenoxy) is 1. The third-order valence-electron chi connectivity index (χ3n) is 6.55. The number of rotatable bonds is 2. The van der Waals surface area contributed by atoms with E-state index in [0.717, 1.165) is 38.1 Å². The van der Waals surface area contributed by atoms with Crippen LogP contribution in [0.1, 0.15) is 36.3 Å². The number of allylic oxidation sites excluding steroid dienone is 3. The molecule has 4 unspecified atom stereocenters. The van der Waals surface area contributed by atoms with Gasteiger partial charge < -0.3 is 9.64 Å². The maximum Gasteiger partial charge on any atom is 0.241 e. The summed E-state index contributed by atoms with van der Waals surface area (Å²) in [6.07, 6.45) is 10.1. The van der Waals surface area contributed by atoms with E-state index in [0.29, 0.717) is 11.8 Å². The van der Waals surface area contributed by atoms with E-state index < -0.39 is 5.41 Å². The van der Waals surface area contributed by atoms with Crippen LogP contribution in [-0.4, -0.2) is 31.0 Å². The van der Waals surface area contributed by atoms with Gasteiger partial charge in [0.1, 0.15) is 11.2 Å². The summed E-state index contributed by atoms with van der Waals surface area (Å²) in [5.41, 5.74) is 1.85. The smallest absolute Gasteiger partial charge is 0.241 e. The molecule has 1 aliphatic heterocycles. The summed E-state index contributed by atoms with van der Waals surface area (Å²) in [5, 5.41) is 0. The number of carbonyl (C=O) groups is 1. The van der Waals surface area contributed by atoms with Gasteiger partial charge in [0.2, 0.25) is 5.91 Å². The van der Waals surface area contributed by atoms with Crippen molar-refractivity contribution in [1.29, 1.82) is 0 Å². The fourth-order valence-corrected chi connectivity index (χ4v) is 5.49. The van der Waals surface area contributed by atoms with E-state index in [1.54, 1.807) is 7.11 Å². The van der Waals surface area contributed by atoms with Gasteiger partial charge in [-0.3, -0.25) is 4.79 Å². The lowest BCUT2D eigenvalue weighted by atomic mass is 9.64. The standard InChI is InChI=1S/C21H23NO2/c1-24-19-13-17-14-8-9-15(12-14)21(19,18-7-3-2-6-16(17)18)20(23)22-10-4-5-11-22/h2-3,6-9,13-15,17H,4-5,10-12H2,1H3. The summed E-state index contributed by atoms with van der Waals surface area (Å²) in [4.78, 5) is 15.9. The first-order chi connectivity index (χ1) is 11.8. The second-order valence-corrected chi connectivity index (χ2v) is 7.55. The second-order valence-electron chi connectivity index (χ2n) is 7.55. The number of likely N-dealkylation sites (tertiary alicyclic amines) is 1. The Morgan fingerprint density at radius 2 is 2.00 bits per heavy atom. The van der Waals surface area contributed by atoms with Crippen LogP contribution in [0.25, 0.3) is 0 Å². The minimum atomic E-state index is -0.659. The van der Waals surface area contributed by atoms with Gasteiger partial charge in [0, 0.05) is 24.9 Å². The summed E-state index contributed by atoms with van der Waals surface area (Å²) in [6, 6.07) is 8.55. The summed E-state index contributed by atoms with van der Waals surface area (Å²) in [7, 11) is 1.73. The van der Waals surface area contributed by atoms with Crippen molar-refractivity contribution in [2.24, 2.45) is 11.8 Å². The topological polar surface area (TPSA) is 29.5 Å². The number of nitrogens with zero attached hydrogens (tertiary/aromatic N) is 1. The molecule has 1 saturated heterocycles. The van der Waals surface area contributed by atoms with Gasteiger partial charge in [-0.25, -0.2) is 0 Å². The first-order valence-electron chi connectivity index (χ1n) is 9.10. The van der Waals surface area contributed by atoms with Crippen molar-refractivity contribution in [2.75, 3.05) is 20.2 Å². The largest absolute Gasteiger partial charge is 0.500 e. The molecule has 1 aromatic carbocycles. The predicted molar refractivity (Wildman–Crippen MR) is 92.5 cm³/mol. The molecule has 0 radical (unpaired) electrons. The molecule has 3 nitrogen and oxygen atoms in total. The quantitative estimate of drug-likeness (QED) is 0.782. The van der Waals surface area contributed by atoms with Gasteiger partial charge in [-0.2, -0.15) is 0 Å². The summed E-state index contributed by atoms with van der Waals surface area (Å²) in [6.45, 7) is 1.76. The maximum absolute atomic E-state index is 13.8. The van der Waals surface area contributed by atoms with Crippen LogP contribution in [0.5, 0.6) is 0 Å². The summed E-state index contributed by atoms with van der Waals surface area (Å²) in [5.74, 6) is 2.14. The highest BCUT2D eigenvalue weighted by molar-refractivity contribution is 5.94. The van der Waals surface area contributed by atoms with Gasteiger partial charge in [-0.1, -0.05) is 36.4 Å². The second kappa shape index (κ2) is 4.98. The van der Waals surface area contributed by atoms with Gasteiger partial charge in [-0.15, -0.1) is 0 Å². The number of carbonyl (C=O) groups excluding carboxylic acids is 1. The molecule has 4 aliphatic carbocycles. The van der Waals surface area contributed by atoms with Gasteiger partial charge in [-0.05, 0) is 42.4 Å². The molecule has 5 aliphatic rings. The highest BCUT2D eigenvalue weighted by Crippen LogP contribution is 2.59. The fraction of sp³-hybridized carbons (Fsp3) is 0.476. The molecule has 24 heavy (non-hydrogen) atoms. The van der Waals surface area contributed by atoms with Crippen LogP contribution in [0.2, 0.25) is 0 Å². The first-order valence-corrected chi connectivity index (χ1v) is 9.10. The first kappa shape index (κ1) is 14.3. The van der Waals surface area contributed by atoms with E-state index in [2.05, 4.69) is 47.4 Å². The number of methoxy groups -OCH3 is 1. The molecule has 0 N–H and O–H groups in total. The zero-order valence-corrected chi connectivity index (χ0v) is 14.1. The minimum Gasteiger partial charge on any atom is -0.500 e. The van der Waals surface area contributed by atoms with E-state index in [1.807, 2.05) is 0 Å². The van der Waals surface area contributed by atoms with Crippen LogP contribution in [0, 0.1) is 11.8 Å². The Morgan fingerprint density at radius 1 is 1.21 bits per heavy atom. The number of benzene rings is 1. The van der Waals surface area contributed by atoms with Gasteiger partial charge in [0.25, 0.3) is 0 Å². The Labute approximate surface area is 143 Å². The van der Waals surface area contributed by atoms with Crippen molar-refractivity contribution < 1.29 is 9.53 Å². The number of hydrogen-bond donors (Lipinski definition) is 0. The van der Waals surface area contributed by atoms with E-state index in [9.17, 15) is 4.79 Å². The lowest BCUT2D eigenvalue weighted by Gasteiger charge is -2.43. The third kappa shape index (κ3) is 1.60. The van der Waals surface area contributed by atoms with E-state index in [4.69, 9.17) is 4.74 Å². The molecule has 0 spiro atoms. The molecule has 1 heterocycles. The van der Waals surface area contributed by atoms with Crippen LogP contribution < -0.4 is 0 Å². The monoisotopic (exact) mass is 321 g/mol. The molecule has 0 aromatic heterocycles. The van der Waals surface area contributed by atoms with E-state index >= 15 is 0 Å². The average Bonchev–Trinajstić information content (AvgIpc) is 3.26. The Morgan fingerprint density at radius 3 is 2.79 bits per heavy atom. The minimum absolute atomic E-state index is 0.204. The molecule has 0 saturated carbocycles. The highest BCUT2D eigenvalue weighted by Gasteiger charge is 2.60. The molecule has 4 bridgehead atoms. The summed E-state index contributed by atoms with van der Waals surface area (Å²) < 4.78 is 5.88.